The number of fused-ring (bicyclic) bond motifs is 4. The van der Waals surface area contributed by atoms with Crippen LogP contribution in [0.1, 0.15) is 0 Å². The standard InChI is InChI=1S/C52H32Cl2N14O20S6.8Na/c53-47-59-49(63-51(61-47)57-34-7-1-4-23-17-41(94(86,87)88)44(46(70)42(23)34)68-66-28-19-33-31(40(21-28)93(83,84)85)6-3-9-38(33)91(77,78)79)55-25-11-13-26(14-12-25)56-50-60-48(54)62-52(64-50)58-36-22-29(89(71,72)73)16-24-10-15-35(45(69)43(24)36)67-65-27-18-32-30(39(20-27)92(80,81)82)5-2-8-37(32)90(74,75)76;;;;;;;;/h2-14,16-22,69-70H,(H,71,72,73)(H,74,75,76)(H,77,78,79)(H,80,81,82)(H,83,84,85)(H,86,87,88)(H2,55,57,59,61,63)(H2,56,58,60,62,64);;;;;;;;/q-2;8*+1/p-6. The van der Waals surface area contributed by atoms with Gasteiger partial charge in [0.2, 0.25) is 34.4 Å². The fourth-order valence-electron chi connectivity index (χ4n) is 9.25. The number of nitrogens with one attached hydrogen (secondary N) is 4. The summed E-state index contributed by atoms with van der Waals surface area (Å²) in [5.74, 6) is -3.04. The molecule has 0 radical (unpaired) electrons. The topological polar surface area (TPSA) is 559 Å². The summed E-state index contributed by atoms with van der Waals surface area (Å²) in [6.45, 7) is 0. The molecule has 0 aliphatic carbocycles. The number of phenols is 2. The molecule has 0 aliphatic heterocycles. The predicted octanol–water partition coefficient (Wildman–Crippen LogP) is -15.8. The van der Waals surface area contributed by atoms with Gasteiger partial charge in [-0.15, -0.1) is 15.9 Å². The van der Waals surface area contributed by atoms with Crippen LogP contribution < -0.4 is 258 Å². The minimum Gasteiger partial charge on any atom is -0.744 e. The van der Waals surface area contributed by atoms with Crippen LogP contribution in [-0.2, 0) is 60.7 Å². The van der Waals surface area contributed by atoms with Gasteiger partial charge < -0.3 is 58.8 Å². The molecule has 0 bridgehead atoms. The maximum absolute atomic E-state index is 12.6. The minimum absolute atomic E-state index is 0. The molecule has 0 saturated heterocycles. The number of aromatic nitrogens is 6. The smallest absolute Gasteiger partial charge is 0.744 e. The van der Waals surface area contributed by atoms with Gasteiger partial charge in [-0.25, -0.2) is 50.5 Å². The van der Waals surface area contributed by atoms with E-state index in [1.165, 1.54) is 36.4 Å². The molecule has 0 unspecified atom stereocenters. The van der Waals surface area contributed by atoms with Gasteiger partial charge in [-0.2, -0.15) is 75.6 Å². The molecule has 0 spiro atoms. The monoisotopic (exact) mass is 1610 g/mol. The number of azo groups is 2. The molecule has 50 heteroatoms. The molecule has 11 aromatic rings. The number of hydrogen-bond acceptors (Lipinski definition) is 34. The first-order valence-electron chi connectivity index (χ1n) is 25.1. The summed E-state index contributed by atoms with van der Waals surface area (Å²) in [7, 11) is -32.0. The van der Waals surface area contributed by atoms with E-state index in [1.54, 1.807) is 0 Å². The van der Waals surface area contributed by atoms with Crippen LogP contribution in [0.3, 0.4) is 0 Å². The van der Waals surface area contributed by atoms with Crippen LogP contribution in [0.25, 0.3) is 43.1 Å². The van der Waals surface area contributed by atoms with Crippen molar-refractivity contribution < 1.29 is 324 Å². The minimum atomic E-state index is -5.53. The number of anilines is 8. The van der Waals surface area contributed by atoms with E-state index in [9.17, 15) is 88.0 Å². The second kappa shape index (κ2) is 37.2. The van der Waals surface area contributed by atoms with Crippen molar-refractivity contribution in [3.05, 3.63) is 144 Å². The summed E-state index contributed by atoms with van der Waals surface area (Å²) in [4.78, 5) is 18.8. The quantitative estimate of drug-likeness (QED) is 0.0201. The van der Waals surface area contributed by atoms with Gasteiger partial charge in [-0.3, -0.25) is 0 Å². The van der Waals surface area contributed by atoms with Crippen molar-refractivity contribution in [2.75, 3.05) is 21.3 Å². The van der Waals surface area contributed by atoms with Crippen molar-refractivity contribution in [3.8, 4) is 11.5 Å². The van der Waals surface area contributed by atoms with E-state index in [0.29, 0.717) is 11.8 Å². The Morgan fingerprint density at radius 2 is 0.784 bits per heavy atom. The predicted molar refractivity (Wildman–Crippen MR) is 322 cm³/mol. The number of phenolic OH excluding ortho intramolecular Hbond substituents is 2. The van der Waals surface area contributed by atoms with E-state index in [4.69, 9.17) is 23.2 Å². The van der Waals surface area contributed by atoms with Crippen LogP contribution in [0.2, 0.25) is 10.6 Å². The molecular weight excluding hydrogens is 1590 g/mol. The van der Waals surface area contributed by atoms with Crippen LogP contribution >= 0.6 is 23.2 Å². The third kappa shape index (κ3) is 22.0. The van der Waals surface area contributed by atoms with Crippen LogP contribution in [-0.4, -0.2) is 118 Å². The number of benzene rings is 9. The van der Waals surface area contributed by atoms with Gasteiger partial charge in [-0.1, -0.05) is 52.9 Å². The summed E-state index contributed by atoms with van der Waals surface area (Å²) >= 11 is 12.6. The Kier molecular flexibility index (Phi) is 34.4. The molecule has 9 aromatic carbocycles. The summed E-state index contributed by atoms with van der Waals surface area (Å²) in [6, 6.07) is 26.1. The average molecular weight is 1610 g/mol. The first kappa shape index (κ1) is 94.3. The Labute approximate surface area is 764 Å². The van der Waals surface area contributed by atoms with Gasteiger partial charge in [0.05, 0.1) is 35.9 Å². The van der Waals surface area contributed by atoms with Gasteiger partial charge in [0.1, 0.15) is 72.1 Å². The van der Waals surface area contributed by atoms with E-state index >= 15 is 0 Å². The molecule has 0 saturated carbocycles. The summed E-state index contributed by atoms with van der Waals surface area (Å²) < 4.78 is 221. The van der Waals surface area contributed by atoms with Gasteiger partial charge >= 0.3 is 236 Å². The molecule has 34 nitrogen and oxygen atoms in total. The third-order valence-corrected chi connectivity index (χ3v) is 18.6. The van der Waals surface area contributed by atoms with Gasteiger partial charge in [0.25, 0.3) is 0 Å². The van der Waals surface area contributed by atoms with Gasteiger partial charge in [-0.05, 0) is 89.9 Å². The molecule has 6 N–H and O–H groups in total. The van der Waals surface area contributed by atoms with Crippen LogP contribution in [0.15, 0.2) is 171 Å². The maximum atomic E-state index is 12.6. The summed E-state index contributed by atoms with van der Waals surface area (Å²) in [5.41, 5.74) is -2.62. The molecule has 102 heavy (non-hydrogen) atoms. The molecule has 2 heterocycles. The van der Waals surface area contributed by atoms with Crippen molar-refractivity contribution in [3.63, 3.8) is 0 Å². The Bertz CT molecular complexity index is 5930. The van der Waals surface area contributed by atoms with E-state index in [1.807, 2.05) is 0 Å². The van der Waals surface area contributed by atoms with Crippen molar-refractivity contribution in [1.82, 2.24) is 29.9 Å². The Hall–Kier alpha value is -1.92. The molecule has 2 aromatic heterocycles. The van der Waals surface area contributed by atoms with Crippen LogP contribution in [0, 0.1) is 12.1 Å². The molecule has 0 fully saturated rings. The molecule has 11 rings (SSSR count). The second-order valence-electron chi connectivity index (χ2n) is 19.1. The van der Waals surface area contributed by atoms with Crippen molar-refractivity contribution in [1.29, 1.82) is 0 Å². The van der Waals surface area contributed by atoms with Crippen molar-refractivity contribution >= 4 is 196 Å². The molecule has 0 amide bonds. The molecule has 482 valence electrons. The van der Waals surface area contributed by atoms with Crippen LogP contribution in [0.4, 0.5) is 69.3 Å². The second-order valence-corrected chi connectivity index (χ2v) is 27.9. The van der Waals surface area contributed by atoms with E-state index < -0.39 is 162 Å². The molecule has 0 aliphatic rings. The number of hydrogen-bond donors (Lipinski definition) is 6. The maximum Gasteiger partial charge on any atom is 1.00 e. The zero-order chi connectivity index (χ0) is 67.8. The average Bonchev–Trinajstić information content (AvgIpc) is 0.773. The van der Waals surface area contributed by atoms with E-state index in [0.717, 1.165) is 78.9 Å². The van der Waals surface area contributed by atoms with Gasteiger partial charge in [0.15, 0.2) is 0 Å². The fraction of sp³-hybridized carbons (Fsp3) is 0. The largest absolute Gasteiger partial charge is 1.00 e. The summed E-state index contributed by atoms with van der Waals surface area (Å²) in [5, 5.41) is 45.9. The van der Waals surface area contributed by atoms with Crippen molar-refractivity contribution in [2.24, 2.45) is 20.5 Å². The molecule has 0 atom stereocenters. The van der Waals surface area contributed by atoms with E-state index in [2.05, 4.69) is 83.8 Å². The zero-order valence-electron chi connectivity index (χ0n) is 53.5. The molecular formula is C52H26Cl2N14Na8O20S6. The number of halogens is 2. The Morgan fingerprint density at radius 1 is 0.382 bits per heavy atom. The SMILES string of the molecule is O=S(=O)([O-])c1cc(Nc2nc(Cl)nc(Nc3ccc(Nc4nc(Cl)nc(Nc5c[c-]cc6cc(S(=O)(=O)[O-])c(N=Nc7cc(S(=O)(=O)[O-])c8cccc(S(=O)(=O)[O-])c8c7)c(O)c56)n4)cc3)n2)c2c(O)c(N=Nc3cc(S(=O)(=O)[O-])c4cccc(S(=O)(=O)[O-])c4c3)[c-]cc2c1.[Na+].[Na+].[Na+].[Na+].[Na+].[Na+].[Na+].[Na+]. The van der Waals surface area contributed by atoms with Crippen molar-refractivity contribution in [2.45, 2.75) is 29.4 Å². The fourth-order valence-corrected chi connectivity index (χ4v) is 13.5. The number of rotatable bonds is 18. The number of nitrogens with zero attached hydrogens (tertiary/aromatic N) is 10. The third-order valence-electron chi connectivity index (χ3n) is 13.1. The number of aromatic hydroxyl groups is 2. The first-order valence-corrected chi connectivity index (χ1v) is 34.3. The Morgan fingerprint density at radius 3 is 1.22 bits per heavy atom. The van der Waals surface area contributed by atoms with Crippen LogP contribution in [0.5, 0.6) is 11.5 Å². The van der Waals surface area contributed by atoms with E-state index in [-0.39, 0.29) is 293 Å². The Balaban J connectivity index is 0.00000338. The van der Waals surface area contributed by atoms with Gasteiger partial charge in [0, 0.05) is 54.9 Å². The summed E-state index contributed by atoms with van der Waals surface area (Å²) in [6.07, 6.45) is 0. The normalized spacial score (nSPS) is 11.8. The zero-order valence-corrected chi connectivity index (χ0v) is 75.9. The first-order chi connectivity index (χ1) is 44.0.